The molecule has 4 aromatic rings. The molecule has 4 rings (SSSR count). The summed E-state index contributed by atoms with van der Waals surface area (Å²) in [6.07, 6.45) is 1.68. The Balaban J connectivity index is 2.01. The van der Waals surface area contributed by atoms with Crippen LogP contribution in [0.5, 0.6) is 0 Å². The third-order valence-corrected chi connectivity index (χ3v) is 4.30. The smallest absolute Gasteiger partial charge is 0.149 e. The van der Waals surface area contributed by atoms with E-state index in [-0.39, 0.29) is 0 Å². The van der Waals surface area contributed by atoms with Gasteiger partial charge in [-0.05, 0) is 42.0 Å². The van der Waals surface area contributed by atoms with E-state index in [1.165, 1.54) is 0 Å². The highest BCUT2D eigenvalue weighted by Crippen LogP contribution is 2.30. The van der Waals surface area contributed by atoms with Gasteiger partial charge in [0.1, 0.15) is 11.6 Å². The number of alkyl halides is 1. The molecule has 0 aliphatic rings. The fourth-order valence-corrected chi connectivity index (χ4v) is 2.99. The summed E-state index contributed by atoms with van der Waals surface area (Å²) in [5.41, 5.74) is 10.9. The molecule has 0 radical (unpaired) electrons. The molecule has 0 atom stereocenters. The van der Waals surface area contributed by atoms with Crippen molar-refractivity contribution in [2.45, 2.75) is 5.88 Å². The van der Waals surface area contributed by atoms with Gasteiger partial charge in [-0.1, -0.05) is 24.3 Å². The van der Waals surface area contributed by atoms with E-state index < -0.39 is 0 Å². The number of nitrogens with two attached hydrogens (primary N) is 1. The van der Waals surface area contributed by atoms with E-state index in [4.69, 9.17) is 22.3 Å². The number of aromatic nitrogens is 3. The van der Waals surface area contributed by atoms with Crippen LogP contribution in [0.2, 0.25) is 0 Å². The number of pyridine rings is 1. The molecule has 0 bridgehead atoms. The third kappa shape index (κ3) is 2.41. The molecule has 4 nitrogen and oxygen atoms in total. The molecule has 0 unspecified atom stereocenters. The van der Waals surface area contributed by atoms with Crippen molar-refractivity contribution in [1.82, 2.24) is 14.5 Å². The molecule has 24 heavy (non-hydrogen) atoms. The molecule has 0 aliphatic heterocycles. The highest BCUT2D eigenvalue weighted by Gasteiger charge is 2.16. The number of nitrogens with zero attached hydrogens (tertiary/aromatic N) is 3. The molecule has 0 fully saturated rings. The molecule has 0 saturated heterocycles. The van der Waals surface area contributed by atoms with Gasteiger partial charge in [-0.25, -0.2) is 9.97 Å². The predicted octanol–water partition coefficient (Wildman–Crippen LogP) is 4.41. The molecular weight excluding hydrogens is 320 g/mol. The van der Waals surface area contributed by atoms with Gasteiger partial charge in [-0.2, -0.15) is 0 Å². The Bertz CT molecular complexity index is 1010. The van der Waals surface area contributed by atoms with Crippen molar-refractivity contribution in [2.75, 3.05) is 5.73 Å². The van der Waals surface area contributed by atoms with Gasteiger partial charge in [0.25, 0.3) is 0 Å². The summed E-state index contributed by atoms with van der Waals surface area (Å²) in [4.78, 5) is 8.97. The zero-order valence-electron chi connectivity index (χ0n) is 12.9. The number of imidazole rings is 1. The lowest BCUT2D eigenvalue weighted by Crippen LogP contribution is -2.01. The van der Waals surface area contributed by atoms with E-state index in [0.29, 0.717) is 11.7 Å². The van der Waals surface area contributed by atoms with Crippen LogP contribution < -0.4 is 5.73 Å². The van der Waals surface area contributed by atoms with Crippen molar-refractivity contribution < 1.29 is 0 Å². The molecular formula is C19H15ClN4. The SMILES string of the molecule is Nc1ncccc1-c1nc2ccccc2n1-c1ccc(CCl)cc1. The van der Waals surface area contributed by atoms with Crippen LogP contribution >= 0.6 is 11.6 Å². The number of halogens is 1. The fourth-order valence-electron chi connectivity index (χ4n) is 2.81. The van der Waals surface area contributed by atoms with Gasteiger partial charge in [0.15, 0.2) is 0 Å². The van der Waals surface area contributed by atoms with Crippen LogP contribution in [0.3, 0.4) is 0 Å². The van der Waals surface area contributed by atoms with Crippen molar-refractivity contribution in [3.8, 4) is 17.1 Å². The molecule has 5 heteroatoms. The molecule has 0 amide bonds. The standard InChI is InChI=1S/C19H15ClN4/c20-12-13-7-9-14(10-8-13)24-17-6-2-1-5-16(17)23-19(24)15-4-3-11-22-18(15)21/h1-11H,12H2,(H2,21,22). The Morgan fingerprint density at radius 2 is 1.75 bits per heavy atom. The van der Waals surface area contributed by atoms with E-state index in [9.17, 15) is 0 Å². The minimum Gasteiger partial charge on any atom is -0.383 e. The fraction of sp³-hybridized carbons (Fsp3) is 0.0526. The first-order valence-electron chi connectivity index (χ1n) is 7.61. The molecule has 2 aromatic carbocycles. The minimum atomic E-state index is 0.464. The molecule has 2 N–H and O–H groups in total. The number of nitrogen functional groups attached to an aromatic ring is 1. The van der Waals surface area contributed by atoms with Gasteiger partial charge in [0.05, 0.1) is 16.6 Å². The lowest BCUT2D eigenvalue weighted by atomic mass is 10.2. The van der Waals surface area contributed by atoms with Gasteiger partial charge in [-0.3, -0.25) is 4.57 Å². The third-order valence-electron chi connectivity index (χ3n) is 3.99. The van der Waals surface area contributed by atoms with Gasteiger partial charge >= 0.3 is 0 Å². The Morgan fingerprint density at radius 3 is 2.50 bits per heavy atom. The lowest BCUT2D eigenvalue weighted by molar-refractivity contribution is 1.09. The molecule has 0 aliphatic carbocycles. The summed E-state index contributed by atoms with van der Waals surface area (Å²) in [5, 5.41) is 0. The summed E-state index contributed by atoms with van der Waals surface area (Å²) < 4.78 is 2.10. The average Bonchev–Trinajstić information content (AvgIpc) is 3.01. The van der Waals surface area contributed by atoms with E-state index in [0.717, 1.165) is 33.7 Å². The zero-order valence-corrected chi connectivity index (χ0v) is 13.6. The number of anilines is 1. The number of benzene rings is 2. The maximum atomic E-state index is 6.09. The molecule has 2 heterocycles. The summed E-state index contributed by atoms with van der Waals surface area (Å²) in [6.45, 7) is 0. The number of fused-ring (bicyclic) bond motifs is 1. The summed E-state index contributed by atoms with van der Waals surface area (Å²) >= 11 is 5.90. The van der Waals surface area contributed by atoms with Crippen LogP contribution in [0, 0.1) is 0 Å². The van der Waals surface area contributed by atoms with Gasteiger partial charge < -0.3 is 5.73 Å². The second kappa shape index (κ2) is 5.98. The second-order valence-corrected chi connectivity index (χ2v) is 5.76. The van der Waals surface area contributed by atoms with Gasteiger partial charge in [-0.15, -0.1) is 11.6 Å². The predicted molar refractivity (Wildman–Crippen MR) is 98.3 cm³/mol. The van der Waals surface area contributed by atoms with Crippen molar-refractivity contribution in [1.29, 1.82) is 0 Å². The Labute approximate surface area is 144 Å². The monoisotopic (exact) mass is 334 g/mol. The minimum absolute atomic E-state index is 0.464. The molecule has 0 spiro atoms. The summed E-state index contributed by atoms with van der Waals surface area (Å²) in [6, 6.07) is 20.0. The lowest BCUT2D eigenvalue weighted by Gasteiger charge is -2.11. The van der Waals surface area contributed by atoms with Crippen molar-refractivity contribution >= 4 is 28.5 Å². The first-order chi connectivity index (χ1) is 11.8. The van der Waals surface area contributed by atoms with Crippen LogP contribution in [-0.4, -0.2) is 14.5 Å². The van der Waals surface area contributed by atoms with Crippen LogP contribution in [0.25, 0.3) is 28.1 Å². The largest absolute Gasteiger partial charge is 0.383 e. The summed E-state index contributed by atoms with van der Waals surface area (Å²) in [5.74, 6) is 1.74. The Morgan fingerprint density at radius 1 is 0.958 bits per heavy atom. The van der Waals surface area contributed by atoms with Gasteiger partial charge in [0, 0.05) is 17.8 Å². The maximum absolute atomic E-state index is 6.09. The Kier molecular flexibility index (Phi) is 3.67. The zero-order chi connectivity index (χ0) is 16.5. The quantitative estimate of drug-likeness (QED) is 0.565. The first kappa shape index (κ1) is 14.7. The van der Waals surface area contributed by atoms with E-state index >= 15 is 0 Å². The molecule has 2 aromatic heterocycles. The van der Waals surface area contributed by atoms with E-state index in [1.807, 2.05) is 60.7 Å². The van der Waals surface area contributed by atoms with Crippen molar-refractivity contribution in [2.24, 2.45) is 0 Å². The number of para-hydroxylation sites is 2. The Hall–Kier alpha value is -2.85. The van der Waals surface area contributed by atoms with E-state index in [1.54, 1.807) is 6.20 Å². The van der Waals surface area contributed by atoms with Crippen LogP contribution in [-0.2, 0) is 5.88 Å². The highest BCUT2D eigenvalue weighted by atomic mass is 35.5. The van der Waals surface area contributed by atoms with Crippen molar-refractivity contribution in [3.63, 3.8) is 0 Å². The first-order valence-corrected chi connectivity index (χ1v) is 8.15. The van der Waals surface area contributed by atoms with Crippen LogP contribution in [0.1, 0.15) is 5.56 Å². The number of hydrogen-bond acceptors (Lipinski definition) is 3. The second-order valence-electron chi connectivity index (χ2n) is 5.50. The topological polar surface area (TPSA) is 56.7 Å². The highest BCUT2D eigenvalue weighted by molar-refractivity contribution is 6.17. The number of hydrogen-bond donors (Lipinski definition) is 1. The van der Waals surface area contributed by atoms with Crippen LogP contribution in [0.4, 0.5) is 5.82 Å². The molecule has 118 valence electrons. The number of rotatable bonds is 3. The maximum Gasteiger partial charge on any atom is 0.149 e. The normalized spacial score (nSPS) is 11.0. The molecule has 0 saturated carbocycles. The average molecular weight is 335 g/mol. The summed E-state index contributed by atoms with van der Waals surface area (Å²) in [7, 11) is 0. The van der Waals surface area contributed by atoms with Gasteiger partial charge in [0.2, 0.25) is 0 Å². The van der Waals surface area contributed by atoms with Crippen molar-refractivity contribution in [3.05, 3.63) is 72.4 Å². The van der Waals surface area contributed by atoms with E-state index in [2.05, 4.69) is 9.55 Å². The van der Waals surface area contributed by atoms with Crippen LogP contribution in [0.15, 0.2) is 66.9 Å².